The van der Waals surface area contributed by atoms with Gasteiger partial charge in [0.05, 0.1) is 18.1 Å². The number of fused-ring (bicyclic) bond motifs is 1. The summed E-state index contributed by atoms with van der Waals surface area (Å²) in [5.41, 5.74) is 0.00116. The van der Waals surface area contributed by atoms with Gasteiger partial charge >= 0.3 is 0 Å². The molecular weight excluding hydrogens is 190 g/mol. The van der Waals surface area contributed by atoms with E-state index in [-0.39, 0.29) is 29.6 Å². The van der Waals surface area contributed by atoms with E-state index in [1.807, 2.05) is 0 Å². The van der Waals surface area contributed by atoms with Crippen molar-refractivity contribution in [3.05, 3.63) is 29.3 Å². The summed E-state index contributed by atoms with van der Waals surface area (Å²) in [5.74, 6) is -2.32. The number of halogens is 2. The van der Waals surface area contributed by atoms with Crippen molar-refractivity contribution in [3.63, 3.8) is 0 Å². The number of carbonyl (C=O) groups is 1. The topological polar surface area (TPSA) is 26.3 Å². The van der Waals surface area contributed by atoms with Crippen molar-refractivity contribution in [3.8, 4) is 5.75 Å². The van der Waals surface area contributed by atoms with Gasteiger partial charge in [0.25, 0.3) is 0 Å². The van der Waals surface area contributed by atoms with Gasteiger partial charge in [-0.25, -0.2) is 8.78 Å². The summed E-state index contributed by atoms with van der Waals surface area (Å²) < 4.78 is 31.0. The molecule has 0 N–H and O–H groups in total. The monoisotopic (exact) mass is 198 g/mol. The number of ether oxygens (including phenoxy) is 1. The van der Waals surface area contributed by atoms with Gasteiger partial charge in [-0.15, -0.1) is 0 Å². The first-order chi connectivity index (χ1) is 6.59. The lowest BCUT2D eigenvalue weighted by Gasteiger charge is -2.21. The Hall–Kier alpha value is -1.45. The SMILES string of the molecule is C[C@@H]1COc2c(F)cc(F)cc2C1=O. The molecule has 0 amide bonds. The molecule has 0 aliphatic carbocycles. The van der Waals surface area contributed by atoms with Crippen molar-refractivity contribution in [2.75, 3.05) is 6.61 Å². The maximum absolute atomic E-state index is 13.1. The molecule has 2 rings (SSSR count). The first kappa shape index (κ1) is 9.12. The van der Waals surface area contributed by atoms with E-state index in [2.05, 4.69) is 0 Å². The van der Waals surface area contributed by atoms with Crippen LogP contribution in [-0.2, 0) is 0 Å². The maximum Gasteiger partial charge on any atom is 0.173 e. The lowest BCUT2D eigenvalue weighted by atomic mass is 9.96. The zero-order valence-electron chi connectivity index (χ0n) is 7.51. The van der Waals surface area contributed by atoms with Gasteiger partial charge in [0.1, 0.15) is 5.82 Å². The molecule has 0 fully saturated rings. The minimum absolute atomic E-state index is 0.00116. The van der Waals surface area contributed by atoms with Gasteiger partial charge in [-0.05, 0) is 6.07 Å². The van der Waals surface area contributed by atoms with Crippen molar-refractivity contribution >= 4 is 5.78 Å². The van der Waals surface area contributed by atoms with Crippen molar-refractivity contribution < 1.29 is 18.3 Å². The molecule has 1 aromatic rings. The Bertz CT molecular complexity index is 401. The van der Waals surface area contributed by atoms with Gasteiger partial charge in [0, 0.05) is 6.07 Å². The van der Waals surface area contributed by atoms with E-state index in [0.717, 1.165) is 6.07 Å². The van der Waals surface area contributed by atoms with E-state index in [4.69, 9.17) is 4.74 Å². The third-order valence-electron chi connectivity index (χ3n) is 2.20. The highest BCUT2D eigenvalue weighted by Crippen LogP contribution is 2.30. The minimum atomic E-state index is -0.819. The highest BCUT2D eigenvalue weighted by atomic mass is 19.1. The Morgan fingerprint density at radius 3 is 2.86 bits per heavy atom. The van der Waals surface area contributed by atoms with Crippen LogP contribution in [0.4, 0.5) is 8.78 Å². The van der Waals surface area contributed by atoms with Crippen LogP contribution in [0.3, 0.4) is 0 Å². The second-order valence-electron chi connectivity index (χ2n) is 3.34. The lowest BCUT2D eigenvalue weighted by Crippen LogP contribution is -2.26. The average Bonchev–Trinajstić information content (AvgIpc) is 2.12. The molecule has 1 atom stereocenters. The number of hydrogen-bond donors (Lipinski definition) is 0. The smallest absolute Gasteiger partial charge is 0.173 e. The second-order valence-corrected chi connectivity index (χ2v) is 3.34. The van der Waals surface area contributed by atoms with Crippen LogP contribution < -0.4 is 4.74 Å². The van der Waals surface area contributed by atoms with E-state index < -0.39 is 11.6 Å². The molecule has 1 heterocycles. The van der Waals surface area contributed by atoms with Gasteiger partial charge in [-0.1, -0.05) is 6.92 Å². The van der Waals surface area contributed by atoms with E-state index in [1.54, 1.807) is 6.92 Å². The molecule has 4 heteroatoms. The Balaban J connectivity index is 2.60. The standard InChI is InChI=1S/C10H8F2O2/c1-5-4-14-10-7(9(5)13)2-6(11)3-8(10)12/h2-3,5H,4H2,1H3/t5-/m1/s1. The van der Waals surface area contributed by atoms with E-state index in [0.29, 0.717) is 6.07 Å². The molecule has 0 aromatic heterocycles. The summed E-state index contributed by atoms with van der Waals surface area (Å²) in [6, 6.07) is 1.72. The molecule has 0 bridgehead atoms. The molecule has 0 spiro atoms. The van der Waals surface area contributed by atoms with Gasteiger partial charge in [0.15, 0.2) is 17.3 Å². The fourth-order valence-electron chi connectivity index (χ4n) is 1.44. The fraction of sp³-hybridized carbons (Fsp3) is 0.300. The summed E-state index contributed by atoms with van der Waals surface area (Å²) in [5, 5.41) is 0. The minimum Gasteiger partial charge on any atom is -0.489 e. The average molecular weight is 198 g/mol. The quantitative estimate of drug-likeness (QED) is 0.638. The number of ketones is 1. The first-order valence-corrected chi connectivity index (χ1v) is 4.25. The number of rotatable bonds is 0. The van der Waals surface area contributed by atoms with Crippen molar-refractivity contribution in [1.29, 1.82) is 0 Å². The summed E-state index contributed by atoms with van der Waals surface area (Å²) in [7, 11) is 0. The number of Topliss-reactive ketones (excluding diaryl/α,β-unsaturated/α-hetero) is 1. The van der Waals surface area contributed by atoms with Gasteiger partial charge in [-0.2, -0.15) is 0 Å². The van der Waals surface area contributed by atoms with Crippen LogP contribution >= 0.6 is 0 Å². The van der Waals surface area contributed by atoms with Gasteiger partial charge in [-0.3, -0.25) is 4.79 Å². The lowest BCUT2D eigenvalue weighted by molar-refractivity contribution is 0.0842. The molecule has 0 saturated carbocycles. The van der Waals surface area contributed by atoms with Crippen molar-refractivity contribution in [2.45, 2.75) is 6.92 Å². The Morgan fingerprint density at radius 1 is 1.43 bits per heavy atom. The fourth-order valence-corrected chi connectivity index (χ4v) is 1.44. The van der Waals surface area contributed by atoms with Crippen LogP contribution in [0.2, 0.25) is 0 Å². The summed E-state index contributed by atoms with van der Waals surface area (Å²) in [6.45, 7) is 1.81. The maximum atomic E-state index is 13.1. The van der Waals surface area contributed by atoms with Crippen molar-refractivity contribution in [1.82, 2.24) is 0 Å². The third-order valence-corrected chi connectivity index (χ3v) is 2.20. The highest BCUT2D eigenvalue weighted by molar-refractivity contribution is 6.01. The van der Waals surface area contributed by atoms with Crippen LogP contribution in [0.15, 0.2) is 12.1 Å². The highest BCUT2D eigenvalue weighted by Gasteiger charge is 2.28. The summed E-state index contributed by atoms with van der Waals surface area (Å²) in [4.78, 5) is 11.5. The molecule has 0 saturated heterocycles. The summed E-state index contributed by atoms with van der Waals surface area (Å²) >= 11 is 0. The molecular formula is C10H8F2O2. The zero-order chi connectivity index (χ0) is 10.3. The number of carbonyl (C=O) groups excluding carboxylic acids is 1. The predicted octanol–water partition coefficient (Wildman–Crippen LogP) is 2.18. The first-order valence-electron chi connectivity index (χ1n) is 4.25. The van der Waals surface area contributed by atoms with Gasteiger partial charge < -0.3 is 4.74 Å². The Labute approximate surface area is 79.5 Å². The van der Waals surface area contributed by atoms with Gasteiger partial charge in [0.2, 0.25) is 0 Å². The van der Waals surface area contributed by atoms with Crippen LogP contribution in [-0.4, -0.2) is 12.4 Å². The Morgan fingerprint density at radius 2 is 2.14 bits per heavy atom. The molecule has 0 radical (unpaired) electrons. The molecule has 2 nitrogen and oxygen atoms in total. The normalized spacial score (nSPS) is 20.2. The number of hydrogen-bond acceptors (Lipinski definition) is 2. The van der Waals surface area contributed by atoms with E-state index in [9.17, 15) is 13.6 Å². The van der Waals surface area contributed by atoms with Crippen LogP contribution in [0, 0.1) is 17.6 Å². The molecule has 1 aliphatic heterocycles. The van der Waals surface area contributed by atoms with Crippen LogP contribution in [0.5, 0.6) is 5.75 Å². The Kier molecular flexibility index (Phi) is 1.98. The largest absolute Gasteiger partial charge is 0.489 e. The second kappa shape index (κ2) is 3.04. The van der Waals surface area contributed by atoms with E-state index >= 15 is 0 Å². The van der Waals surface area contributed by atoms with E-state index in [1.165, 1.54) is 0 Å². The third kappa shape index (κ3) is 1.27. The van der Waals surface area contributed by atoms with Crippen molar-refractivity contribution in [2.24, 2.45) is 5.92 Å². The molecule has 1 aromatic carbocycles. The molecule has 14 heavy (non-hydrogen) atoms. The van der Waals surface area contributed by atoms with Crippen LogP contribution in [0.25, 0.3) is 0 Å². The predicted molar refractivity (Wildman–Crippen MR) is 45.3 cm³/mol. The molecule has 1 aliphatic rings. The molecule has 74 valence electrons. The zero-order valence-corrected chi connectivity index (χ0v) is 7.51. The molecule has 0 unspecified atom stereocenters. The number of benzene rings is 1. The van der Waals surface area contributed by atoms with Crippen LogP contribution in [0.1, 0.15) is 17.3 Å². The summed E-state index contributed by atoms with van der Waals surface area (Å²) in [6.07, 6.45) is 0.